The number of nitrogens with one attached hydrogen (secondary N) is 2. The van der Waals surface area contributed by atoms with E-state index in [9.17, 15) is 0 Å². The number of methoxy groups -OCH3 is 1. The molecule has 0 aliphatic rings. The second-order valence-corrected chi connectivity index (χ2v) is 4.32. The molecule has 0 amide bonds. The fourth-order valence-corrected chi connectivity index (χ4v) is 1.91. The van der Waals surface area contributed by atoms with E-state index in [-0.39, 0.29) is 0 Å². The number of anilines is 2. The number of ether oxygens (including phenoxy) is 1. The number of hydrogen-bond acceptors (Lipinski definition) is 5. The molecule has 0 spiro atoms. The second-order valence-electron chi connectivity index (χ2n) is 4.32. The van der Waals surface area contributed by atoms with E-state index in [1.165, 1.54) is 0 Å². The van der Waals surface area contributed by atoms with E-state index in [0.717, 1.165) is 35.2 Å². The quantitative estimate of drug-likeness (QED) is 0.846. The lowest BCUT2D eigenvalue weighted by atomic mass is 10.2. The molecule has 1 aromatic carbocycles. The summed E-state index contributed by atoms with van der Waals surface area (Å²) < 4.78 is 5.34. The van der Waals surface area contributed by atoms with E-state index in [0.29, 0.717) is 6.54 Å². The van der Waals surface area contributed by atoms with Gasteiger partial charge < -0.3 is 15.4 Å². The van der Waals surface area contributed by atoms with Gasteiger partial charge in [-0.15, -0.1) is 0 Å². The average Bonchev–Trinajstić information content (AvgIpc) is 2.52. The summed E-state index contributed by atoms with van der Waals surface area (Å²) in [6.07, 6.45) is 0.804. The highest BCUT2D eigenvalue weighted by molar-refractivity contribution is 5.48. The summed E-state index contributed by atoms with van der Waals surface area (Å²) >= 11 is 0. The molecule has 0 bridgehead atoms. The Balaban J connectivity index is 2.14. The summed E-state index contributed by atoms with van der Waals surface area (Å²) in [7, 11) is 3.53. The Bertz CT molecular complexity index is 549. The summed E-state index contributed by atoms with van der Waals surface area (Å²) in [5, 5.41) is 6.36. The van der Waals surface area contributed by atoms with Crippen molar-refractivity contribution in [1.29, 1.82) is 0 Å². The standard InChI is InChI=1S/C15H20N4O/c1-4-13-18-14(16-2)9-15(19-13)17-10-11-7-5-6-8-12(11)20-3/h5-9H,4,10H2,1-3H3,(H2,16,17,18,19). The molecule has 5 nitrogen and oxygen atoms in total. The number of nitrogens with zero attached hydrogens (tertiary/aromatic N) is 2. The van der Waals surface area contributed by atoms with E-state index in [1.54, 1.807) is 7.11 Å². The first kappa shape index (κ1) is 14.1. The monoisotopic (exact) mass is 272 g/mol. The Hall–Kier alpha value is -2.30. The summed E-state index contributed by atoms with van der Waals surface area (Å²) in [5.41, 5.74) is 1.10. The Morgan fingerprint density at radius 3 is 2.60 bits per heavy atom. The first-order valence-corrected chi connectivity index (χ1v) is 6.68. The minimum Gasteiger partial charge on any atom is -0.496 e. The molecule has 106 valence electrons. The van der Waals surface area contributed by atoms with Crippen LogP contribution in [0.2, 0.25) is 0 Å². The van der Waals surface area contributed by atoms with Crippen LogP contribution in [0.15, 0.2) is 30.3 Å². The van der Waals surface area contributed by atoms with Crippen molar-refractivity contribution in [3.05, 3.63) is 41.7 Å². The maximum absolute atomic E-state index is 5.34. The van der Waals surface area contributed by atoms with Crippen molar-refractivity contribution in [2.75, 3.05) is 24.8 Å². The molecule has 0 saturated heterocycles. The molecule has 0 unspecified atom stereocenters. The number of rotatable bonds is 6. The van der Waals surface area contributed by atoms with Gasteiger partial charge in [-0.25, -0.2) is 9.97 Å². The first-order valence-electron chi connectivity index (χ1n) is 6.68. The Labute approximate surface area is 119 Å². The molecule has 1 aromatic heterocycles. The highest BCUT2D eigenvalue weighted by Crippen LogP contribution is 2.19. The number of para-hydroxylation sites is 1. The van der Waals surface area contributed by atoms with Crippen LogP contribution >= 0.6 is 0 Å². The normalized spacial score (nSPS) is 10.2. The third kappa shape index (κ3) is 3.38. The van der Waals surface area contributed by atoms with Gasteiger partial charge in [0.2, 0.25) is 0 Å². The predicted molar refractivity (Wildman–Crippen MR) is 81.3 cm³/mol. The zero-order chi connectivity index (χ0) is 14.4. The van der Waals surface area contributed by atoms with Crippen LogP contribution in [0.5, 0.6) is 5.75 Å². The van der Waals surface area contributed by atoms with Gasteiger partial charge in [0.15, 0.2) is 0 Å². The number of aryl methyl sites for hydroxylation is 1. The fourth-order valence-electron chi connectivity index (χ4n) is 1.91. The van der Waals surface area contributed by atoms with E-state index in [1.807, 2.05) is 44.3 Å². The zero-order valence-corrected chi connectivity index (χ0v) is 12.1. The van der Waals surface area contributed by atoms with Gasteiger partial charge in [-0.3, -0.25) is 0 Å². The van der Waals surface area contributed by atoms with Crippen LogP contribution in [0.3, 0.4) is 0 Å². The van der Waals surface area contributed by atoms with Gasteiger partial charge in [0.1, 0.15) is 23.2 Å². The molecule has 2 aromatic rings. The summed E-state index contributed by atoms with van der Waals surface area (Å²) in [5.74, 6) is 3.32. The summed E-state index contributed by atoms with van der Waals surface area (Å²) in [6.45, 7) is 2.70. The van der Waals surface area contributed by atoms with Gasteiger partial charge in [0.25, 0.3) is 0 Å². The molecule has 5 heteroatoms. The Morgan fingerprint density at radius 2 is 1.90 bits per heavy atom. The van der Waals surface area contributed by atoms with Crippen LogP contribution in [-0.4, -0.2) is 24.1 Å². The molecule has 20 heavy (non-hydrogen) atoms. The van der Waals surface area contributed by atoms with Crippen molar-refractivity contribution in [3.63, 3.8) is 0 Å². The van der Waals surface area contributed by atoms with Gasteiger partial charge in [0, 0.05) is 31.6 Å². The summed E-state index contributed by atoms with van der Waals surface area (Å²) in [4.78, 5) is 8.84. The minimum absolute atomic E-state index is 0.660. The minimum atomic E-state index is 0.660. The van der Waals surface area contributed by atoms with Crippen molar-refractivity contribution < 1.29 is 4.74 Å². The highest BCUT2D eigenvalue weighted by atomic mass is 16.5. The number of hydrogen-bond donors (Lipinski definition) is 2. The fraction of sp³-hybridized carbons (Fsp3) is 0.333. The molecule has 0 atom stereocenters. The maximum atomic E-state index is 5.34. The maximum Gasteiger partial charge on any atom is 0.132 e. The lowest BCUT2D eigenvalue weighted by Crippen LogP contribution is -2.07. The van der Waals surface area contributed by atoms with Crippen molar-refractivity contribution in [2.45, 2.75) is 19.9 Å². The van der Waals surface area contributed by atoms with Crippen molar-refractivity contribution in [2.24, 2.45) is 0 Å². The van der Waals surface area contributed by atoms with Gasteiger partial charge in [-0.05, 0) is 6.07 Å². The smallest absolute Gasteiger partial charge is 0.132 e. The lowest BCUT2D eigenvalue weighted by molar-refractivity contribution is 0.410. The first-order chi connectivity index (χ1) is 9.76. The van der Waals surface area contributed by atoms with Gasteiger partial charge >= 0.3 is 0 Å². The number of aromatic nitrogens is 2. The average molecular weight is 272 g/mol. The van der Waals surface area contributed by atoms with E-state index in [4.69, 9.17) is 4.74 Å². The Morgan fingerprint density at radius 1 is 1.15 bits per heavy atom. The third-order valence-corrected chi connectivity index (χ3v) is 3.00. The molecule has 0 radical (unpaired) electrons. The third-order valence-electron chi connectivity index (χ3n) is 3.00. The Kier molecular flexibility index (Phi) is 4.76. The van der Waals surface area contributed by atoms with E-state index in [2.05, 4.69) is 20.6 Å². The lowest BCUT2D eigenvalue weighted by Gasteiger charge is -2.11. The van der Waals surface area contributed by atoms with Gasteiger partial charge in [-0.2, -0.15) is 0 Å². The largest absolute Gasteiger partial charge is 0.496 e. The molecule has 0 saturated carbocycles. The predicted octanol–water partition coefficient (Wildman–Crippen LogP) is 2.70. The second kappa shape index (κ2) is 6.75. The zero-order valence-electron chi connectivity index (χ0n) is 12.1. The van der Waals surface area contributed by atoms with E-state index < -0.39 is 0 Å². The molecule has 2 N–H and O–H groups in total. The molecule has 0 aliphatic heterocycles. The SMILES string of the molecule is CCc1nc(NC)cc(NCc2ccccc2OC)n1. The highest BCUT2D eigenvalue weighted by Gasteiger charge is 2.05. The topological polar surface area (TPSA) is 59.1 Å². The van der Waals surface area contributed by atoms with Crippen LogP contribution < -0.4 is 15.4 Å². The van der Waals surface area contributed by atoms with Gasteiger partial charge in [0.05, 0.1) is 7.11 Å². The molecular weight excluding hydrogens is 252 g/mol. The van der Waals surface area contributed by atoms with Crippen molar-refractivity contribution in [3.8, 4) is 5.75 Å². The van der Waals surface area contributed by atoms with Crippen molar-refractivity contribution >= 4 is 11.6 Å². The molecule has 0 aliphatic carbocycles. The number of benzene rings is 1. The molecule has 2 rings (SSSR count). The van der Waals surface area contributed by atoms with Crippen LogP contribution in [0.25, 0.3) is 0 Å². The van der Waals surface area contributed by atoms with E-state index >= 15 is 0 Å². The van der Waals surface area contributed by atoms with Crippen LogP contribution in [0, 0.1) is 0 Å². The van der Waals surface area contributed by atoms with Crippen LogP contribution in [-0.2, 0) is 13.0 Å². The van der Waals surface area contributed by atoms with Crippen LogP contribution in [0.4, 0.5) is 11.6 Å². The molecule has 1 heterocycles. The molecular formula is C15H20N4O. The van der Waals surface area contributed by atoms with Crippen LogP contribution in [0.1, 0.15) is 18.3 Å². The van der Waals surface area contributed by atoms with Crippen molar-refractivity contribution in [1.82, 2.24) is 9.97 Å². The summed E-state index contributed by atoms with van der Waals surface area (Å²) in [6, 6.07) is 9.84. The van der Waals surface area contributed by atoms with Gasteiger partial charge in [-0.1, -0.05) is 25.1 Å². The molecule has 0 fully saturated rings.